The first-order valence-electron chi connectivity index (χ1n) is 4.67. The first-order chi connectivity index (χ1) is 6.38. The molecule has 0 atom stereocenters. The molecular weight excluding hydrogens is 196 g/mol. The summed E-state index contributed by atoms with van der Waals surface area (Å²) < 4.78 is 0. The number of nitrogens with one attached hydrogen (secondary N) is 1. The largest absolute Gasteiger partial charge is 0.397 e. The highest BCUT2D eigenvalue weighted by molar-refractivity contribution is 6.31. The van der Waals surface area contributed by atoms with Crippen molar-refractivity contribution in [2.24, 2.45) is 5.41 Å². The van der Waals surface area contributed by atoms with E-state index in [0.29, 0.717) is 10.7 Å². The third-order valence-corrected chi connectivity index (χ3v) is 2.06. The van der Waals surface area contributed by atoms with Gasteiger partial charge in [0.25, 0.3) is 0 Å². The smallest absolute Gasteiger partial charge is 0.0575 e. The summed E-state index contributed by atoms with van der Waals surface area (Å²) in [7, 11) is 0. The van der Waals surface area contributed by atoms with E-state index in [9.17, 15) is 0 Å². The SMILES string of the molecule is CC(C)(C)CNc1ccc(Cl)cc1N. The van der Waals surface area contributed by atoms with Crippen molar-refractivity contribution in [1.29, 1.82) is 0 Å². The van der Waals surface area contributed by atoms with Gasteiger partial charge in [0, 0.05) is 11.6 Å². The normalized spacial score (nSPS) is 11.4. The minimum absolute atomic E-state index is 0.242. The van der Waals surface area contributed by atoms with Crippen LogP contribution in [0.5, 0.6) is 0 Å². The van der Waals surface area contributed by atoms with Crippen LogP contribution in [0.15, 0.2) is 18.2 Å². The molecule has 0 fully saturated rings. The van der Waals surface area contributed by atoms with Crippen LogP contribution in [0.2, 0.25) is 5.02 Å². The zero-order valence-corrected chi connectivity index (χ0v) is 9.65. The van der Waals surface area contributed by atoms with Crippen molar-refractivity contribution in [2.45, 2.75) is 20.8 Å². The van der Waals surface area contributed by atoms with E-state index in [0.717, 1.165) is 12.2 Å². The number of benzene rings is 1. The van der Waals surface area contributed by atoms with E-state index >= 15 is 0 Å². The lowest BCUT2D eigenvalue weighted by Crippen LogP contribution is -2.19. The average molecular weight is 213 g/mol. The first kappa shape index (κ1) is 11.2. The van der Waals surface area contributed by atoms with Crippen molar-refractivity contribution in [1.82, 2.24) is 0 Å². The van der Waals surface area contributed by atoms with E-state index in [1.54, 1.807) is 6.07 Å². The van der Waals surface area contributed by atoms with Crippen molar-refractivity contribution in [3.63, 3.8) is 0 Å². The van der Waals surface area contributed by atoms with Crippen LogP contribution in [0.3, 0.4) is 0 Å². The number of rotatable bonds is 2. The number of nitrogen functional groups attached to an aromatic ring is 1. The second-order valence-corrected chi connectivity index (χ2v) is 5.08. The quantitative estimate of drug-likeness (QED) is 0.738. The van der Waals surface area contributed by atoms with Crippen LogP contribution in [0.4, 0.5) is 11.4 Å². The van der Waals surface area contributed by atoms with E-state index in [1.807, 2.05) is 12.1 Å². The topological polar surface area (TPSA) is 38.0 Å². The Balaban J connectivity index is 2.68. The zero-order chi connectivity index (χ0) is 10.8. The molecule has 0 aliphatic rings. The van der Waals surface area contributed by atoms with Crippen molar-refractivity contribution >= 4 is 23.0 Å². The molecule has 0 radical (unpaired) electrons. The molecule has 2 nitrogen and oxygen atoms in total. The van der Waals surface area contributed by atoms with Gasteiger partial charge in [-0.25, -0.2) is 0 Å². The lowest BCUT2D eigenvalue weighted by Gasteiger charge is -2.20. The number of halogens is 1. The van der Waals surface area contributed by atoms with Gasteiger partial charge in [-0.2, -0.15) is 0 Å². The Morgan fingerprint density at radius 2 is 2.00 bits per heavy atom. The Morgan fingerprint density at radius 3 is 2.50 bits per heavy atom. The Morgan fingerprint density at radius 1 is 1.36 bits per heavy atom. The van der Waals surface area contributed by atoms with Crippen LogP contribution in [0, 0.1) is 5.41 Å². The van der Waals surface area contributed by atoms with Crippen LogP contribution in [0.1, 0.15) is 20.8 Å². The molecule has 1 aromatic rings. The maximum atomic E-state index is 5.80. The van der Waals surface area contributed by atoms with E-state index in [2.05, 4.69) is 26.1 Å². The Kier molecular flexibility index (Phi) is 3.27. The fraction of sp³-hybridized carbons (Fsp3) is 0.455. The Labute approximate surface area is 90.4 Å². The lowest BCUT2D eigenvalue weighted by molar-refractivity contribution is 0.443. The van der Waals surface area contributed by atoms with Gasteiger partial charge in [-0.1, -0.05) is 32.4 Å². The van der Waals surface area contributed by atoms with Crippen molar-refractivity contribution in [3.05, 3.63) is 23.2 Å². The minimum atomic E-state index is 0.242. The van der Waals surface area contributed by atoms with E-state index in [4.69, 9.17) is 17.3 Å². The molecule has 14 heavy (non-hydrogen) atoms. The first-order valence-corrected chi connectivity index (χ1v) is 5.05. The number of nitrogens with two attached hydrogens (primary N) is 1. The maximum absolute atomic E-state index is 5.80. The molecule has 0 saturated heterocycles. The van der Waals surface area contributed by atoms with Crippen LogP contribution in [-0.4, -0.2) is 6.54 Å². The van der Waals surface area contributed by atoms with Crippen LogP contribution in [0.25, 0.3) is 0 Å². The molecule has 0 aliphatic carbocycles. The minimum Gasteiger partial charge on any atom is -0.397 e. The molecule has 0 amide bonds. The van der Waals surface area contributed by atoms with E-state index in [-0.39, 0.29) is 5.41 Å². The molecule has 3 heteroatoms. The summed E-state index contributed by atoms with van der Waals surface area (Å²) >= 11 is 5.80. The van der Waals surface area contributed by atoms with E-state index < -0.39 is 0 Å². The number of hydrogen-bond donors (Lipinski definition) is 2. The predicted octanol–water partition coefficient (Wildman–Crippen LogP) is 3.38. The molecule has 0 unspecified atom stereocenters. The molecule has 78 valence electrons. The van der Waals surface area contributed by atoms with Gasteiger partial charge in [0.05, 0.1) is 11.4 Å². The van der Waals surface area contributed by atoms with Crippen LogP contribution >= 0.6 is 11.6 Å². The van der Waals surface area contributed by atoms with Gasteiger partial charge in [-0.05, 0) is 23.6 Å². The summed E-state index contributed by atoms with van der Waals surface area (Å²) in [5, 5.41) is 3.97. The zero-order valence-electron chi connectivity index (χ0n) is 8.89. The third-order valence-electron chi connectivity index (χ3n) is 1.82. The summed E-state index contributed by atoms with van der Waals surface area (Å²) in [6.45, 7) is 7.41. The van der Waals surface area contributed by atoms with Crippen LogP contribution in [-0.2, 0) is 0 Å². The standard InChI is InChI=1S/C11H17ClN2/c1-11(2,3)7-14-10-5-4-8(12)6-9(10)13/h4-6,14H,7,13H2,1-3H3. The number of anilines is 2. The van der Waals surface area contributed by atoms with Gasteiger partial charge < -0.3 is 11.1 Å². The van der Waals surface area contributed by atoms with Gasteiger partial charge in [0.2, 0.25) is 0 Å². The predicted molar refractivity (Wildman–Crippen MR) is 63.8 cm³/mol. The lowest BCUT2D eigenvalue weighted by atomic mass is 9.97. The third kappa shape index (κ3) is 3.46. The summed E-state index contributed by atoms with van der Waals surface area (Å²) in [5.41, 5.74) is 7.69. The molecule has 0 spiro atoms. The van der Waals surface area contributed by atoms with Crippen molar-refractivity contribution in [3.8, 4) is 0 Å². The second kappa shape index (κ2) is 4.09. The maximum Gasteiger partial charge on any atom is 0.0575 e. The summed E-state index contributed by atoms with van der Waals surface area (Å²) in [6, 6.07) is 5.50. The second-order valence-electron chi connectivity index (χ2n) is 4.65. The highest BCUT2D eigenvalue weighted by Gasteiger charge is 2.10. The Bertz CT molecular complexity index is 316. The van der Waals surface area contributed by atoms with Crippen LogP contribution < -0.4 is 11.1 Å². The highest BCUT2D eigenvalue weighted by atomic mass is 35.5. The fourth-order valence-corrected chi connectivity index (χ4v) is 1.24. The van der Waals surface area contributed by atoms with Gasteiger partial charge in [0.15, 0.2) is 0 Å². The molecule has 0 saturated carbocycles. The molecule has 0 bridgehead atoms. The monoisotopic (exact) mass is 212 g/mol. The molecular formula is C11H17ClN2. The molecule has 1 aromatic carbocycles. The van der Waals surface area contributed by atoms with E-state index in [1.165, 1.54) is 0 Å². The van der Waals surface area contributed by atoms with Gasteiger partial charge in [-0.3, -0.25) is 0 Å². The van der Waals surface area contributed by atoms with Gasteiger partial charge in [-0.15, -0.1) is 0 Å². The molecule has 3 N–H and O–H groups in total. The van der Waals surface area contributed by atoms with Crippen molar-refractivity contribution in [2.75, 3.05) is 17.6 Å². The molecule has 0 aromatic heterocycles. The molecule has 0 heterocycles. The molecule has 1 rings (SSSR count). The summed E-state index contributed by atoms with van der Waals surface area (Å²) in [4.78, 5) is 0. The fourth-order valence-electron chi connectivity index (χ4n) is 1.05. The summed E-state index contributed by atoms with van der Waals surface area (Å²) in [5.74, 6) is 0. The molecule has 0 aliphatic heterocycles. The summed E-state index contributed by atoms with van der Waals surface area (Å²) in [6.07, 6.45) is 0. The van der Waals surface area contributed by atoms with Gasteiger partial charge >= 0.3 is 0 Å². The highest BCUT2D eigenvalue weighted by Crippen LogP contribution is 2.24. The van der Waals surface area contributed by atoms with Gasteiger partial charge in [0.1, 0.15) is 0 Å². The number of hydrogen-bond acceptors (Lipinski definition) is 2. The van der Waals surface area contributed by atoms with Crippen molar-refractivity contribution < 1.29 is 0 Å². The Hall–Kier alpha value is -0.890. The average Bonchev–Trinajstić information content (AvgIpc) is 2.00.